The Balaban J connectivity index is 1.13. The summed E-state index contributed by atoms with van der Waals surface area (Å²) in [6, 6.07) is 14.5. The van der Waals surface area contributed by atoms with E-state index in [2.05, 4.69) is 50.6 Å². The molecule has 1 amide bonds. The Morgan fingerprint density at radius 2 is 1.81 bits per heavy atom. The fourth-order valence-electron chi connectivity index (χ4n) is 5.12. The van der Waals surface area contributed by atoms with Crippen LogP contribution in [0.1, 0.15) is 37.2 Å². The van der Waals surface area contributed by atoms with Crippen LogP contribution in [0.25, 0.3) is 10.9 Å². The van der Waals surface area contributed by atoms with Gasteiger partial charge in [-0.05, 0) is 92.7 Å². The molecule has 2 aliphatic rings. The van der Waals surface area contributed by atoms with Gasteiger partial charge in [0.1, 0.15) is 5.75 Å². The Labute approximate surface area is 189 Å². The molecule has 6 heteroatoms. The number of amides is 1. The molecule has 2 saturated heterocycles. The van der Waals surface area contributed by atoms with Gasteiger partial charge >= 0.3 is 0 Å². The lowest BCUT2D eigenvalue weighted by molar-refractivity contribution is -0.117. The number of benzene rings is 2. The van der Waals surface area contributed by atoms with Gasteiger partial charge < -0.3 is 19.9 Å². The van der Waals surface area contributed by atoms with Gasteiger partial charge in [0.2, 0.25) is 5.91 Å². The molecule has 0 spiro atoms. The first-order valence-corrected chi connectivity index (χ1v) is 11.7. The third-order valence-corrected chi connectivity index (χ3v) is 6.94. The van der Waals surface area contributed by atoms with Crippen molar-refractivity contribution in [3.63, 3.8) is 0 Å². The van der Waals surface area contributed by atoms with E-state index in [0.29, 0.717) is 12.5 Å². The lowest BCUT2D eigenvalue weighted by Gasteiger charge is -2.31. The summed E-state index contributed by atoms with van der Waals surface area (Å²) in [5.41, 5.74) is 4.64. The lowest BCUT2D eigenvalue weighted by atomic mass is 9.89. The van der Waals surface area contributed by atoms with E-state index in [0.717, 1.165) is 56.0 Å². The van der Waals surface area contributed by atoms with E-state index in [9.17, 15) is 4.79 Å². The molecule has 3 aromatic rings. The van der Waals surface area contributed by atoms with Gasteiger partial charge in [-0.15, -0.1) is 0 Å². The van der Waals surface area contributed by atoms with Crippen LogP contribution in [0.5, 0.6) is 5.75 Å². The van der Waals surface area contributed by atoms with Crippen molar-refractivity contribution in [2.24, 2.45) is 0 Å². The first-order valence-electron chi connectivity index (χ1n) is 11.7. The van der Waals surface area contributed by atoms with Gasteiger partial charge in [0.05, 0.1) is 13.7 Å². The molecule has 2 fully saturated rings. The molecule has 168 valence electrons. The van der Waals surface area contributed by atoms with Crippen LogP contribution in [0.3, 0.4) is 0 Å². The zero-order valence-electron chi connectivity index (χ0n) is 18.8. The number of hydrogen-bond acceptors (Lipinski definition) is 4. The van der Waals surface area contributed by atoms with E-state index in [1.54, 1.807) is 7.11 Å². The van der Waals surface area contributed by atoms with Crippen molar-refractivity contribution in [1.29, 1.82) is 0 Å². The number of ether oxygens (including phenoxy) is 1. The largest absolute Gasteiger partial charge is 0.497 e. The molecule has 6 nitrogen and oxygen atoms in total. The molecule has 0 atom stereocenters. The van der Waals surface area contributed by atoms with Gasteiger partial charge in [-0.1, -0.05) is 0 Å². The number of piperidine rings is 1. The number of aromatic nitrogens is 1. The predicted octanol–water partition coefficient (Wildman–Crippen LogP) is 4.59. The van der Waals surface area contributed by atoms with E-state index in [1.165, 1.54) is 29.5 Å². The highest BCUT2D eigenvalue weighted by atomic mass is 16.5. The van der Waals surface area contributed by atoms with Crippen molar-refractivity contribution in [3.05, 3.63) is 54.2 Å². The molecule has 0 unspecified atom stereocenters. The number of nitrogens with one attached hydrogen (secondary N) is 2. The van der Waals surface area contributed by atoms with E-state index in [4.69, 9.17) is 4.74 Å². The minimum Gasteiger partial charge on any atom is -0.497 e. The van der Waals surface area contributed by atoms with E-state index in [1.807, 2.05) is 18.2 Å². The maximum absolute atomic E-state index is 12.6. The van der Waals surface area contributed by atoms with Gasteiger partial charge in [0.15, 0.2) is 0 Å². The Kier molecular flexibility index (Phi) is 6.04. The van der Waals surface area contributed by atoms with Crippen molar-refractivity contribution in [3.8, 4) is 5.75 Å². The average molecular weight is 433 g/mol. The number of rotatable bonds is 6. The molecule has 5 rings (SSSR count). The molecule has 2 aromatic carbocycles. The number of aromatic amines is 1. The first-order chi connectivity index (χ1) is 15.7. The Hall–Kier alpha value is -2.99. The predicted molar refractivity (Wildman–Crippen MR) is 130 cm³/mol. The topological polar surface area (TPSA) is 60.6 Å². The molecule has 0 saturated carbocycles. The lowest BCUT2D eigenvalue weighted by Crippen LogP contribution is -2.38. The number of likely N-dealkylation sites (tertiary alicyclic amines) is 1. The molecule has 1 aromatic heterocycles. The van der Waals surface area contributed by atoms with Gasteiger partial charge in [-0.3, -0.25) is 9.69 Å². The van der Waals surface area contributed by atoms with Gasteiger partial charge in [-0.2, -0.15) is 0 Å². The highest BCUT2D eigenvalue weighted by molar-refractivity contribution is 5.92. The second-order valence-corrected chi connectivity index (χ2v) is 9.00. The number of anilines is 2. The Morgan fingerprint density at radius 3 is 2.53 bits per heavy atom. The standard InChI is InChI=1S/C26H32N4O2/c1-32-22-8-9-25-23(16-22)24(17-27-25)19-10-14-29(15-11-19)18-26(31)28-20-4-6-21(7-5-20)30-12-2-3-13-30/h4-9,16-17,19,27H,2-3,10-15,18H2,1H3,(H,28,31). The molecular formula is C26H32N4O2. The van der Waals surface area contributed by atoms with Crippen LogP contribution in [-0.2, 0) is 4.79 Å². The minimum absolute atomic E-state index is 0.0641. The second kappa shape index (κ2) is 9.25. The van der Waals surface area contributed by atoms with Crippen LogP contribution in [0.15, 0.2) is 48.7 Å². The first kappa shape index (κ1) is 20.9. The maximum Gasteiger partial charge on any atom is 0.238 e. The second-order valence-electron chi connectivity index (χ2n) is 9.00. The smallest absolute Gasteiger partial charge is 0.238 e. The summed E-state index contributed by atoms with van der Waals surface area (Å²) in [5, 5.41) is 4.31. The van der Waals surface area contributed by atoms with Crippen LogP contribution in [0, 0.1) is 0 Å². The quantitative estimate of drug-likeness (QED) is 0.598. The highest BCUT2D eigenvalue weighted by Gasteiger charge is 2.24. The number of H-pyrrole nitrogens is 1. The van der Waals surface area contributed by atoms with E-state index in [-0.39, 0.29) is 5.91 Å². The molecular weight excluding hydrogens is 400 g/mol. The van der Waals surface area contributed by atoms with Crippen molar-refractivity contribution in [2.45, 2.75) is 31.6 Å². The van der Waals surface area contributed by atoms with Crippen LogP contribution < -0.4 is 15.0 Å². The number of carbonyl (C=O) groups is 1. The van der Waals surface area contributed by atoms with Crippen LogP contribution in [0.4, 0.5) is 11.4 Å². The maximum atomic E-state index is 12.6. The van der Waals surface area contributed by atoms with Gasteiger partial charge in [-0.25, -0.2) is 0 Å². The average Bonchev–Trinajstić information content (AvgIpc) is 3.50. The normalized spacial score (nSPS) is 17.7. The number of fused-ring (bicyclic) bond motifs is 1. The monoisotopic (exact) mass is 432 g/mol. The van der Waals surface area contributed by atoms with Crippen LogP contribution >= 0.6 is 0 Å². The third-order valence-electron chi connectivity index (χ3n) is 6.94. The van der Waals surface area contributed by atoms with Gasteiger partial charge in [0.25, 0.3) is 0 Å². The number of hydrogen-bond donors (Lipinski definition) is 2. The number of methoxy groups -OCH3 is 1. The summed E-state index contributed by atoms with van der Waals surface area (Å²) in [4.78, 5) is 20.7. The van der Waals surface area contributed by atoms with Gasteiger partial charge in [0, 0.05) is 41.6 Å². The fraction of sp³-hybridized carbons (Fsp3) is 0.423. The Morgan fingerprint density at radius 1 is 1.06 bits per heavy atom. The van der Waals surface area contributed by atoms with Crippen molar-refractivity contribution in [1.82, 2.24) is 9.88 Å². The summed E-state index contributed by atoms with van der Waals surface area (Å²) in [5.74, 6) is 1.46. The van der Waals surface area contributed by atoms with Crippen molar-refractivity contribution >= 4 is 28.2 Å². The zero-order valence-corrected chi connectivity index (χ0v) is 18.8. The molecule has 2 aliphatic heterocycles. The SMILES string of the molecule is COc1ccc2[nH]cc(C3CCN(CC(=O)Nc4ccc(N5CCCC5)cc4)CC3)c2c1. The zero-order chi connectivity index (χ0) is 21.9. The van der Waals surface area contributed by atoms with Crippen LogP contribution in [-0.4, -0.2) is 55.6 Å². The third kappa shape index (κ3) is 4.46. The number of carbonyl (C=O) groups excluding carboxylic acids is 1. The summed E-state index contributed by atoms with van der Waals surface area (Å²) >= 11 is 0. The Bertz CT molecular complexity index is 1060. The summed E-state index contributed by atoms with van der Waals surface area (Å²) in [6.45, 7) is 4.58. The molecule has 0 radical (unpaired) electrons. The molecule has 32 heavy (non-hydrogen) atoms. The molecule has 2 N–H and O–H groups in total. The van der Waals surface area contributed by atoms with E-state index < -0.39 is 0 Å². The fourth-order valence-corrected chi connectivity index (χ4v) is 5.12. The minimum atomic E-state index is 0.0641. The summed E-state index contributed by atoms with van der Waals surface area (Å²) in [6.07, 6.45) is 6.79. The van der Waals surface area contributed by atoms with E-state index >= 15 is 0 Å². The summed E-state index contributed by atoms with van der Waals surface area (Å²) < 4.78 is 5.41. The highest BCUT2D eigenvalue weighted by Crippen LogP contribution is 2.34. The summed E-state index contributed by atoms with van der Waals surface area (Å²) in [7, 11) is 1.71. The molecule has 3 heterocycles. The number of nitrogens with zero attached hydrogens (tertiary/aromatic N) is 2. The molecule has 0 aliphatic carbocycles. The van der Waals surface area contributed by atoms with Crippen molar-refractivity contribution < 1.29 is 9.53 Å². The molecule has 0 bridgehead atoms. The van der Waals surface area contributed by atoms with Crippen molar-refractivity contribution in [2.75, 3.05) is 50.1 Å². The van der Waals surface area contributed by atoms with Crippen LogP contribution in [0.2, 0.25) is 0 Å².